The molecule has 0 bridgehead atoms. The molecule has 1 aromatic carbocycles. The van der Waals surface area contributed by atoms with Crippen molar-refractivity contribution in [2.24, 2.45) is 27.8 Å². The topological polar surface area (TPSA) is 50.7 Å². The molecule has 1 aromatic rings. The van der Waals surface area contributed by atoms with Gasteiger partial charge in [0.15, 0.2) is 0 Å². The van der Waals surface area contributed by atoms with Crippen LogP contribution in [0.4, 0.5) is 0 Å². The van der Waals surface area contributed by atoms with E-state index in [0.29, 0.717) is 18.4 Å². The third-order valence-corrected chi connectivity index (χ3v) is 4.58. The van der Waals surface area contributed by atoms with Crippen LogP contribution < -0.4 is 5.73 Å². The van der Waals surface area contributed by atoms with E-state index in [9.17, 15) is 0 Å². The fourth-order valence-electron chi connectivity index (χ4n) is 3.37. The Hall–Kier alpha value is -1.48. The van der Waals surface area contributed by atoms with Crippen molar-refractivity contribution in [3.8, 4) is 0 Å². The molecule has 2 atom stereocenters. The van der Waals surface area contributed by atoms with Crippen LogP contribution in [0.15, 0.2) is 34.5 Å². The van der Waals surface area contributed by atoms with E-state index < -0.39 is 0 Å². The standard InChI is InChI=1S/C17H23N3/c18-11-13-7-9-14(10-8-13)17-16-6-4-2-1-3-5-15(16)12-19-20-17/h7-10,12,15-16H,1-6,11,18H2. The van der Waals surface area contributed by atoms with Crippen molar-refractivity contribution in [1.82, 2.24) is 0 Å². The molecule has 106 valence electrons. The Morgan fingerprint density at radius 2 is 1.75 bits per heavy atom. The van der Waals surface area contributed by atoms with Crippen LogP contribution in [-0.4, -0.2) is 11.9 Å². The van der Waals surface area contributed by atoms with E-state index in [4.69, 9.17) is 5.73 Å². The lowest BCUT2D eigenvalue weighted by atomic mass is 9.77. The summed E-state index contributed by atoms with van der Waals surface area (Å²) in [6.07, 6.45) is 9.95. The molecule has 3 heteroatoms. The molecule has 1 heterocycles. The van der Waals surface area contributed by atoms with Gasteiger partial charge in [0.25, 0.3) is 0 Å². The zero-order chi connectivity index (χ0) is 13.8. The van der Waals surface area contributed by atoms with Gasteiger partial charge in [-0.15, -0.1) is 0 Å². The smallest absolute Gasteiger partial charge is 0.0739 e. The number of rotatable bonds is 2. The maximum absolute atomic E-state index is 5.67. The van der Waals surface area contributed by atoms with Crippen LogP contribution in [0.5, 0.6) is 0 Å². The summed E-state index contributed by atoms with van der Waals surface area (Å²) in [5.41, 5.74) is 9.24. The second-order valence-corrected chi connectivity index (χ2v) is 5.91. The molecular formula is C17H23N3. The summed E-state index contributed by atoms with van der Waals surface area (Å²) < 4.78 is 0. The normalized spacial score (nSPS) is 26.4. The quantitative estimate of drug-likeness (QED) is 0.877. The zero-order valence-corrected chi connectivity index (χ0v) is 12.0. The third kappa shape index (κ3) is 2.83. The van der Waals surface area contributed by atoms with E-state index in [1.165, 1.54) is 55.4 Å². The van der Waals surface area contributed by atoms with E-state index >= 15 is 0 Å². The predicted octanol–water partition coefficient (Wildman–Crippen LogP) is 3.52. The second-order valence-electron chi connectivity index (χ2n) is 5.91. The first kappa shape index (κ1) is 13.5. The zero-order valence-electron chi connectivity index (χ0n) is 12.0. The molecule has 3 rings (SSSR count). The Balaban J connectivity index is 1.86. The molecule has 1 saturated carbocycles. The number of fused-ring (bicyclic) bond motifs is 1. The molecule has 20 heavy (non-hydrogen) atoms. The maximum atomic E-state index is 5.67. The Morgan fingerprint density at radius 1 is 1.00 bits per heavy atom. The van der Waals surface area contributed by atoms with Gasteiger partial charge in [-0.25, -0.2) is 0 Å². The Bertz CT molecular complexity index is 501. The highest BCUT2D eigenvalue weighted by Gasteiger charge is 2.29. The number of nitrogens with two attached hydrogens (primary N) is 1. The molecule has 3 nitrogen and oxygen atoms in total. The Kier molecular flexibility index (Phi) is 4.26. The summed E-state index contributed by atoms with van der Waals surface area (Å²) in [5.74, 6) is 1.13. The van der Waals surface area contributed by atoms with Crippen molar-refractivity contribution in [3.63, 3.8) is 0 Å². The largest absolute Gasteiger partial charge is 0.326 e. The molecule has 2 aliphatic rings. The lowest BCUT2D eigenvalue weighted by molar-refractivity contribution is 0.397. The fourth-order valence-corrected chi connectivity index (χ4v) is 3.37. The van der Waals surface area contributed by atoms with E-state index in [0.717, 1.165) is 0 Å². The van der Waals surface area contributed by atoms with Crippen LogP contribution in [0.1, 0.15) is 49.7 Å². The first-order valence-electron chi connectivity index (χ1n) is 7.79. The first-order chi connectivity index (χ1) is 9.88. The van der Waals surface area contributed by atoms with Crippen LogP contribution in [0.25, 0.3) is 0 Å². The number of benzene rings is 1. The molecule has 0 saturated heterocycles. The summed E-state index contributed by atoms with van der Waals surface area (Å²) in [6, 6.07) is 8.51. The summed E-state index contributed by atoms with van der Waals surface area (Å²) in [5, 5.41) is 8.74. The highest BCUT2D eigenvalue weighted by molar-refractivity contribution is 6.04. The van der Waals surface area contributed by atoms with Crippen LogP contribution in [0.3, 0.4) is 0 Å². The number of hydrogen-bond acceptors (Lipinski definition) is 3. The van der Waals surface area contributed by atoms with Crippen LogP contribution in [0, 0.1) is 11.8 Å². The van der Waals surface area contributed by atoms with Crippen LogP contribution in [-0.2, 0) is 6.54 Å². The first-order valence-corrected chi connectivity index (χ1v) is 7.79. The van der Waals surface area contributed by atoms with Crippen LogP contribution >= 0.6 is 0 Å². The number of nitrogens with zero attached hydrogens (tertiary/aromatic N) is 2. The molecule has 1 fully saturated rings. The van der Waals surface area contributed by atoms with Crippen molar-refractivity contribution in [2.45, 2.75) is 45.1 Å². The van der Waals surface area contributed by atoms with Gasteiger partial charge in [0, 0.05) is 24.6 Å². The minimum absolute atomic E-state index is 0.552. The van der Waals surface area contributed by atoms with Gasteiger partial charge in [-0.3, -0.25) is 0 Å². The van der Waals surface area contributed by atoms with Crippen molar-refractivity contribution in [3.05, 3.63) is 35.4 Å². The summed E-state index contributed by atoms with van der Waals surface area (Å²) in [6.45, 7) is 0.594. The van der Waals surface area contributed by atoms with Crippen molar-refractivity contribution < 1.29 is 0 Å². The Morgan fingerprint density at radius 3 is 2.50 bits per heavy atom. The maximum Gasteiger partial charge on any atom is 0.0739 e. The Labute approximate surface area is 121 Å². The molecular weight excluding hydrogens is 246 g/mol. The minimum Gasteiger partial charge on any atom is -0.326 e. The summed E-state index contributed by atoms with van der Waals surface area (Å²) in [4.78, 5) is 0. The van der Waals surface area contributed by atoms with Crippen molar-refractivity contribution in [2.75, 3.05) is 0 Å². The molecule has 0 amide bonds. The van der Waals surface area contributed by atoms with Gasteiger partial charge in [-0.2, -0.15) is 10.2 Å². The average Bonchev–Trinajstić information content (AvgIpc) is 2.47. The molecule has 2 N–H and O–H groups in total. The van der Waals surface area contributed by atoms with Crippen molar-refractivity contribution in [1.29, 1.82) is 0 Å². The van der Waals surface area contributed by atoms with E-state index in [2.05, 4.69) is 40.7 Å². The highest BCUT2D eigenvalue weighted by Crippen LogP contribution is 2.32. The lowest BCUT2D eigenvalue weighted by Crippen LogP contribution is -2.29. The highest BCUT2D eigenvalue weighted by atomic mass is 15.2. The van der Waals surface area contributed by atoms with Gasteiger partial charge in [0.05, 0.1) is 5.71 Å². The molecule has 0 aromatic heterocycles. The fraction of sp³-hybridized carbons (Fsp3) is 0.529. The molecule has 2 unspecified atom stereocenters. The van der Waals surface area contributed by atoms with Gasteiger partial charge in [0.1, 0.15) is 0 Å². The minimum atomic E-state index is 0.552. The average molecular weight is 269 g/mol. The van der Waals surface area contributed by atoms with E-state index in [1.807, 2.05) is 0 Å². The molecule has 0 radical (unpaired) electrons. The van der Waals surface area contributed by atoms with Gasteiger partial charge < -0.3 is 5.73 Å². The van der Waals surface area contributed by atoms with E-state index in [-0.39, 0.29) is 0 Å². The van der Waals surface area contributed by atoms with E-state index in [1.54, 1.807) is 0 Å². The molecule has 0 spiro atoms. The summed E-state index contributed by atoms with van der Waals surface area (Å²) in [7, 11) is 0. The third-order valence-electron chi connectivity index (χ3n) is 4.58. The predicted molar refractivity (Wildman–Crippen MR) is 84.0 cm³/mol. The number of hydrogen-bond donors (Lipinski definition) is 1. The van der Waals surface area contributed by atoms with Gasteiger partial charge >= 0.3 is 0 Å². The van der Waals surface area contributed by atoms with Gasteiger partial charge in [-0.05, 0) is 24.0 Å². The van der Waals surface area contributed by atoms with Crippen LogP contribution in [0.2, 0.25) is 0 Å². The summed E-state index contributed by atoms with van der Waals surface area (Å²) >= 11 is 0. The molecule has 1 aliphatic carbocycles. The van der Waals surface area contributed by atoms with Gasteiger partial charge in [-0.1, -0.05) is 49.9 Å². The monoisotopic (exact) mass is 269 g/mol. The lowest BCUT2D eigenvalue weighted by Gasteiger charge is -2.29. The molecule has 1 aliphatic heterocycles. The second kappa shape index (κ2) is 6.31. The van der Waals surface area contributed by atoms with Gasteiger partial charge in [0.2, 0.25) is 0 Å². The van der Waals surface area contributed by atoms with Crippen molar-refractivity contribution >= 4 is 11.9 Å². The SMILES string of the molecule is NCc1ccc(C2=NN=CC3CCCCCCC23)cc1.